The van der Waals surface area contributed by atoms with E-state index in [1.54, 1.807) is 11.8 Å². The van der Waals surface area contributed by atoms with Crippen molar-refractivity contribution in [2.24, 2.45) is 0 Å². The van der Waals surface area contributed by atoms with Gasteiger partial charge in [0.1, 0.15) is 0 Å². The number of rotatable bonds is 4. The van der Waals surface area contributed by atoms with Crippen molar-refractivity contribution in [1.29, 1.82) is 0 Å². The molecule has 3 nitrogen and oxygen atoms in total. The largest absolute Gasteiger partial charge is 0.420 e. The van der Waals surface area contributed by atoms with E-state index in [0.29, 0.717) is 22.6 Å². The van der Waals surface area contributed by atoms with Crippen molar-refractivity contribution in [2.75, 3.05) is 0 Å². The lowest BCUT2D eigenvalue weighted by Gasteiger charge is -2.02. The maximum atomic E-state index is 5.89. The van der Waals surface area contributed by atoms with Crippen molar-refractivity contribution >= 4 is 34.1 Å². The molecule has 0 saturated carbocycles. The molecule has 0 aliphatic rings. The van der Waals surface area contributed by atoms with Gasteiger partial charge in [0.15, 0.2) is 0 Å². The molecule has 0 radical (unpaired) electrons. The first-order chi connectivity index (χ1) is 11.8. The number of hydrogen-bond donors (Lipinski definition) is 0. The molecule has 118 valence electrons. The molecular formula is C19H13ClN2OS. The Hall–Kier alpha value is -2.30. The Labute approximate surface area is 148 Å². The Balaban J connectivity index is 1.48. The topological polar surface area (TPSA) is 38.9 Å². The van der Waals surface area contributed by atoms with Crippen LogP contribution < -0.4 is 0 Å². The van der Waals surface area contributed by atoms with Crippen molar-refractivity contribution < 1.29 is 4.42 Å². The molecule has 0 atom stereocenters. The zero-order chi connectivity index (χ0) is 16.4. The van der Waals surface area contributed by atoms with Crippen LogP contribution in [0.4, 0.5) is 0 Å². The molecule has 0 fully saturated rings. The SMILES string of the molecule is Clc1ccc(-c2nnc(CSc3ccc4ccccc4c3)o2)cc1. The predicted molar refractivity (Wildman–Crippen MR) is 98.3 cm³/mol. The van der Waals surface area contributed by atoms with E-state index < -0.39 is 0 Å². The second kappa shape index (κ2) is 6.67. The van der Waals surface area contributed by atoms with Crippen LogP contribution in [0.3, 0.4) is 0 Å². The lowest BCUT2D eigenvalue weighted by atomic mass is 10.1. The summed E-state index contributed by atoms with van der Waals surface area (Å²) in [5, 5.41) is 11.4. The fourth-order valence-corrected chi connectivity index (χ4v) is 3.33. The standard InChI is InChI=1S/C19H13ClN2OS/c20-16-8-5-14(6-9-16)19-22-21-18(23-19)12-24-17-10-7-13-3-1-2-4-15(13)11-17/h1-11H,12H2. The fraction of sp³-hybridized carbons (Fsp3) is 0.0526. The highest BCUT2D eigenvalue weighted by molar-refractivity contribution is 7.98. The molecule has 3 aromatic carbocycles. The normalized spacial score (nSPS) is 11.0. The Bertz CT molecular complexity index is 982. The third kappa shape index (κ3) is 3.30. The molecule has 0 N–H and O–H groups in total. The molecule has 0 unspecified atom stereocenters. The molecule has 0 spiro atoms. The summed E-state index contributed by atoms with van der Waals surface area (Å²) in [6.07, 6.45) is 0. The van der Waals surface area contributed by atoms with Crippen LogP contribution in [0.2, 0.25) is 5.02 Å². The van der Waals surface area contributed by atoms with Gasteiger partial charge in [-0.25, -0.2) is 0 Å². The first-order valence-electron chi connectivity index (χ1n) is 7.48. The molecule has 1 aromatic heterocycles. The van der Waals surface area contributed by atoms with Gasteiger partial charge in [0.05, 0.1) is 5.75 Å². The second-order valence-corrected chi connectivity index (χ2v) is 6.79. The first kappa shape index (κ1) is 15.2. The molecular weight excluding hydrogens is 340 g/mol. The van der Waals surface area contributed by atoms with Crippen LogP contribution >= 0.6 is 23.4 Å². The molecule has 1 heterocycles. The molecule has 4 aromatic rings. The Morgan fingerprint density at radius 1 is 0.875 bits per heavy atom. The van der Waals surface area contributed by atoms with E-state index in [1.165, 1.54) is 15.7 Å². The molecule has 4 rings (SSSR count). The minimum Gasteiger partial charge on any atom is -0.420 e. The van der Waals surface area contributed by atoms with E-state index in [1.807, 2.05) is 36.4 Å². The van der Waals surface area contributed by atoms with Gasteiger partial charge in [0.2, 0.25) is 11.8 Å². The number of benzene rings is 3. The van der Waals surface area contributed by atoms with Crippen molar-refractivity contribution in [3.8, 4) is 11.5 Å². The lowest BCUT2D eigenvalue weighted by molar-refractivity contribution is 0.528. The quantitative estimate of drug-likeness (QED) is 0.433. The Morgan fingerprint density at radius 2 is 1.67 bits per heavy atom. The van der Waals surface area contributed by atoms with Gasteiger partial charge in [-0.2, -0.15) is 0 Å². The number of hydrogen-bond acceptors (Lipinski definition) is 4. The van der Waals surface area contributed by atoms with Gasteiger partial charge in [-0.05, 0) is 47.2 Å². The summed E-state index contributed by atoms with van der Waals surface area (Å²) in [5.74, 6) is 1.76. The molecule has 0 aliphatic heterocycles. The van der Waals surface area contributed by atoms with Gasteiger partial charge in [0.25, 0.3) is 0 Å². The summed E-state index contributed by atoms with van der Waals surface area (Å²) in [7, 11) is 0. The van der Waals surface area contributed by atoms with Crippen LogP contribution in [-0.4, -0.2) is 10.2 Å². The summed E-state index contributed by atoms with van der Waals surface area (Å²) in [5.41, 5.74) is 0.869. The summed E-state index contributed by atoms with van der Waals surface area (Å²) in [6, 6.07) is 22.1. The summed E-state index contributed by atoms with van der Waals surface area (Å²) < 4.78 is 5.73. The van der Waals surface area contributed by atoms with Gasteiger partial charge >= 0.3 is 0 Å². The Kier molecular flexibility index (Phi) is 4.24. The highest BCUT2D eigenvalue weighted by Crippen LogP contribution is 2.27. The van der Waals surface area contributed by atoms with Crippen LogP contribution in [0, 0.1) is 0 Å². The summed E-state index contributed by atoms with van der Waals surface area (Å²) in [6.45, 7) is 0. The number of fused-ring (bicyclic) bond motifs is 1. The average molecular weight is 353 g/mol. The van der Waals surface area contributed by atoms with Crippen LogP contribution in [0.15, 0.2) is 76.0 Å². The number of aromatic nitrogens is 2. The Morgan fingerprint density at radius 3 is 2.50 bits per heavy atom. The number of halogens is 1. The third-order valence-corrected chi connectivity index (χ3v) is 4.87. The average Bonchev–Trinajstić information content (AvgIpc) is 3.09. The van der Waals surface area contributed by atoms with Crippen molar-refractivity contribution in [3.05, 3.63) is 77.6 Å². The van der Waals surface area contributed by atoms with Crippen LogP contribution in [0.5, 0.6) is 0 Å². The van der Waals surface area contributed by atoms with E-state index in [4.69, 9.17) is 16.0 Å². The maximum absolute atomic E-state index is 5.89. The molecule has 0 saturated heterocycles. The van der Waals surface area contributed by atoms with E-state index in [9.17, 15) is 0 Å². The molecule has 24 heavy (non-hydrogen) atoms. The maximum Gasteiger partial charge on any atom is 0.247 e. The fourth-order valence-electron chi connectivity index (χ4n) is 2.42. The molecule has 5 heteroatoms. The van der Waals surface area contributed by atoms with Gasteiger partial charge < -0.3 is 4.42 Å². The van der Waals surface area contributed by atoms with E-state index >= 15 is 0 Å². The summed E-state index contributed by atoms with van der Waals surface area (Å²) >= 11 is 7.58. The number of thioether (sulfide) groups is 1. The first-order valence-corrected chi connectivity index (χ1v) is 8.84. The minimum absolute atomic E-state index is 0.515. The zero-order valence-electron chi connectivity index (χ0n) is 12.6. The van der Waals surface area contributed by atoms with Gasteiger partial charge in [0, 0.05) is 15.5 Å². The van der Waals surface area contributed by atoms with E-state index in [2.05, 4.69) is 40.5 Å². The lowest BCUT2D eigenvalue weighted by Crippen LogP contribution is -1.81. The van der Waals surface area contributed by atoms with E-state index in [-0.39, 0.29) is 0 Å². The predicted octanol–water partition coefficient (Wildman–Crippen LogP) is 5.84. The molecule has 0 aliphatic carbocycles. The van der Waals surface area contributed by atoms with Crippen molar-refractivity contribution in [1.82, 2.24) is 10.2 Å². The number of nitrogens with zero attached hydrogens (tertiary/aromatic N) is 2. The van der Waals surface area contributed by atoms with Gasteiger partial charge in [-0.1, -0.05) is 41.9 Å². The second-order valence-electron chi connectivity index (χ2n) is 5.31. The van der Waals surface area contributed by atoms with Crippen LogP contribution in [0.1, 0.15) is 5.89 Å². The highest BCUT2D eigenvalue weighted by Gasteiger charge is 2.09. The van der Waals surface area contributed by atoms with Crippen molar-refractivity contribution in [2.45, 2.75) is 10.6 Å². The molecule has 0 amide bonds. The van der Waals surface area contributed by atoms with Crippen molar-refractivity contribution in [3.63, 3.8) is 0 Å². The van der Waals surface area contributed by atoms with Crippen LogP contribution in [0.25, 0.3) is 22.2 Å². The van der Waals surface area contributed by atoms with Crippen LogP contribution in [-0.2, 0) is 5.75 Å². The minimum atomic E-state index is 0.515. The monoisotopic (exact) mass is 352 g/mol. The van der Waals surface area contributed by atoms with Gasteiger partial charge in [-0.3, -0.25) is 0 Å². The molecule has 0 bridgehead atoms. The third-order valence-electron chi connectivity index (χ3n) is 3.64. The van der Waals surface area contributed by atoms with E-state index in [0.717, 1.165) is 5.56 Å². The summed E-state index contributed by atoms with van der Waals surface area (Å²) in [4.78, 5) is 1.18. The highest BCUT2D eigenvalue weighted by atomic mass is 35.5. The smallest absolute Gasteiger partial charge is 0.247 e. The van der Waals surface area contributed by atoms with Gasteiger partial charge in [-0.15, -0.1) is 22.0 Å². The zero-order valence-corrected chi connectivity index (χ0v) is 14.2.